The highest BCUT2D eigenvalue weighted by Gasteiger charge is 2.39. The summed E-state index contributed by atoms with van der Waals surface area (Å²) >= 11 is 3.43. The van der Waals surface area contributed by atoms with Gasteiger partial charge in [-0.3, -0.25) is 0 Å². The number of benzene rings is 1. The lowest BCUT2D eigenvalue weighted by Gasteiger charge is -2.35. The molecule has 0 spiro atoms. The minimum Gasteiger partial charge on any atom is -0.480 e. The molecule has 4 heteroatoms. The molecule has 2 N–H and O–H groups in total. The van der Waals surface area contributed by atoms with Gasteiger partial charge in [-0.2, -0.15) is 0 Å². The first-order valence-corrected chi connectivity index (χ1v) is 7.10. The van der Waals surface area contributed by atoms with Gasteiger partial charge in [-0.25, -0.2) is 4.79 Å². The molecule has 0 aromatic heterocycles. The number of nitrogens with one attached hydrogen (secondary N) is 1. The van der Waals surface area contributed by atoms with Crippen LogP contribution in [0.3, 0.4) is 0 Å². The van der Waals surface area contributed by atoms with Crippen molar-refractivity contribution in [1.82, 2.24) is 0 Å². The Hall–Kier alpha value is -1.03. The van der Waals surface area contributed by atoms with Crippen LogP contribution in [0.15, 0.2) is 22.7 Å². The second kappa shape index (κ2) is 5.31. The van der Waals surface area contributed by atoms with E-state index in [4.69, 9.17) is 0 Å². The van der Waals surface area contributed by atoms with Gasteiger partial charge < -0.3 is 10.4 Å². The third-order valence-corrected chi connectivity index (χ3v) is 4.18. The minimum atomic E-state index is -0.788. The van der Waals surface area contributed by atoms with Crippen molar-refractivity contribution in [1.29, 1.82) is 0 Å². The summed E-state index contributed by atoms with van der Waals surface area (Å²) in [6.45, 7) is 1.99. The van der Waals surface area contributed by atoms with E-state index in [0.717, 1.165) is 35.0 Å². The topological polar surface area (TPSA) is 49.3 Å². The van der Waals surface area contributed by atoms with Crippen molar-refractivity contribution in [3.05, 3.63) is 28.2 Å². The van der Waals surface area contributed by atoms with Gasteiger partial charge in [0.25, 0.3) is 0 Å². The molecule has 1 aliphatic carbocycles. The molecule has 3 nitrogen and oxygen atoms in total. The van der Waals surface area contributed by atoms with Crippen molar-refractivity contribution in [3.63, 3.8) is 0 Å². The molecule has 1 fully saturated rings. The predicted octanol–water partition coefficient (Wildman–Crippen LogP) is 3.96. The lowest BCUT2D eigenvalue weighted by atomic mass is 9.81. The molecule has 0 radical (unpaired) electrons. The number of carboxylic acids is 1. The van der Waals surface area contributed by atoms with Crippen molar-refractivity contribution in [2.24, 2.45) is 0 Å². The second-order valence-electron chi connectivity index (χ2n) is 5.03. The Morgan fingerprint density at radius 2 is 2.00 bits per heavy atom. The molecule has 0 amide bonds. The monoisotopic (exact) mass is 311 g/mol. The molecule has 1 aromatic rings. The van der Waals surface area contributed by atoms with Gasteiger partial charge in [0, 0.05) is 10.2 Å². The zero-order valence-electron chi connectivity index (χ0n) is 10.5. The minimum absolute atomic E-state index is 0.703. The Bertz CT molecular complexity index is 453. The first kappa shape index (κ1) is 13.4. The van der Waals surface area contributed by atoms with Crippen molar-refractivity contribution < 1.29 is 9.90 Å². The Kier molecular flexibility index (Phi) is 3.95. The maximum absolute atomic E-state index is 11.6. The van der Waals surface area contributed by atoms with E-state index in [1.807, 2.05) is 25.1 Å². The van der Waals surface area contributed by atoms with Crippen LogP contribution in [0.2, 0.25) is 0 Å². The number of carboxylic acid groups (broad SMARTS) is 1. The second-order valence-corrected chi connectivity index (χ2v) is 5.95. The molecule has 1 aliphatic rings. The number of hydrogen-bond donors (Lipinski definition) is 2. The number of anilines is 1. The lowest BCUT2D eigenvalue weighted by Crippen LogP contribution is -2.48. The Morgan fingerprint density at radius 1 is 1.33 bits per heavy atom. The van der Waals surface area contributed by atoms with Crippen molar-refractivity contribution >= 4 is 27.6 Å². The fourth-order valence-corrected chi connectivity index (χ4v) is 2.90. The maximum atomic E-state index is 11.6. The van der Waals surface area contributed by atoms with Gasteiger partial charge >= 0.3 is 5.97 Å². The summed E-state index contributed by atoms with van der Waals surface area (Å²) in [5.41, 5.74) is 1.20. The average Bonchev–Trinajstić information content (AvgIpc) is 2.35. The molecular formula is C14H18BrNO2. The third kappa shape index (κ3) is 2.69. The summed E-state index contributed by atoms with van der Waals surface area (Å²) in [4.78, 5) is 11.6. The molecule has 1 aromatic carbocycles. The third-order valence-electron chi connectivity index (χ3n) is 3.69. The molecule has 0 atom stereocenters. The quantitative estimate of drug-likeness (QED) is 0.888. The fraction of sp³-hybridized carbons (Fsp3) is 0.500. The van der Waals surface area contributed by atoms with E-state index in [2.05, 4.69) is 21.2 Å². The summed E-state index contributed by atoms with van der Waals surface area (Å²) in [5.74, 6) is -0.735. The lowest BCUT2D eigenvalue weighted by molar-refractivity contribution is -0.143. The number of hydrogen-bond acceptors (Lipinski definition) is 2. The SMILES string of the molecule is Cc1ccc(Br)cc1NC1(C(=O)O)CCCCC1. The summed E-state index contributed by atoms with van der Waals surface area (Å²) in [7, 11) is 0. The molecule has 98 valence electrons. The van der Waals surface area contributed by atoms with E-state index in [1.165, 1.54) is 0 Å². The van der Waals surface area contributed by atoms with Gasteiger partial charge in [0.2, 0.25) is 0 Å². The smallest absolute Gasteiger partial charge is 0.329 e. The van der Waals surface area contributed by atoms with Crippen molar-refractivity contribution in [3.8, 4) is 0 Å². The molecule has 2 rings (SSSR count). The van der Waals surface area contributed by atoms with E-state index in [0.29, 0.717) is 12.8 Å². The van der Waals surface area contributed by atoms with Gasteiger partial charge in [-0.05, 0) is 37.5 Å². The van der Waals surface area contributed by atoms with Crippen LogP contribution in [0.25, 0.3) is 0 Å². The number of carbonyl (C=O) groups is 1. The van der Waals surface area contributed by atoms with Crippen LogP contribution in [0.5, 0.6) is 0 Å². The highest BCUT2D eigenvalue weighted by atomic mass is 79.9. The van der Waals surface area contributed by atoms with E-state index in [9.17, 15) is 9.90 Å². The first-order valence-electron chi connectivity index (χ1n) is 6.31. The zero-order valence-corrected chi connectivity index (χ0v) is 12.1. The number of aryl methyl sites for hydroxylation is 1. The van der Waals surface area contributed by atoms with E-state index < -0.39 is 11.5 Å². The molecule has 0 heterocycles. The Balaban J connectivity index is 2.28. The fourth-order valence-electron chi connectivity index (χ4n) is 2.53. The molecule has 18 heavy (non-hydrogen) atoms. The van der Waals surface area contributed by atoms with Crippen LogP contribution in [0.1, 0.15) is 37.7 Å². The first-order chi connectivity index (χ1) is 8.53. The van der Waals surface area contributed by atoms with Gasteiger partial charge in [-0.15, -0.1) is 0 Å². The molecule has 0 unspecified atom stereocenters. The summed E-state index contributed by atoms with van der Waals surface area (Å²) < 4.78 is 0.965. The van der Waals surface area contributed by atoms with Gasteiger partial charge in [0.05, 0.1) is 0 Å². The normalized spacial score (nSPS) is 18.3. The maximum Gasteiger partial charge on any atom is 0.329 e. The highest BCUT2D eigenvalue weighted by molar-refractivity contribution is 9.10. The standard InChI is InChI=1S/C14H18BrNO2/c1-10-5-6-11(15)9-12(10)16-14(13(17)18)7-3-2-4-8-14/h5-6,9,16H,2-4,7-8H2,1H3,(H,17,18). The van der Waals surface area contributed by atoms with Crippen LogP contribution in [0.4, 0.5) is 5.69 Å². The molecule has 0 saturated heterocycles. The number of rotatable bonds is 3. The average molecular weight is 312 g/mol. The molecular weight excluding hydrogens is 294 g/mol. The highest BCUT2D eigenvalue weighted by Crippen LogP contribution is 2.33. The zero-order chi connectivity index (χ0) is 13.2. The molecule has 0 aliphatic heterocycles. The van der Waals surface area contributed by atoms with E-state index >= 15 is 0 Å². The predicted molar refractivity (Wildman–Crippen MR) is 76.0 cm³/mol. The van der Waals surface area contributed by atoms with Gasteiger partial charge in [0.15, 0.2) is 0 Å². The van der Waals surface area contributed by atoms with Crippen LogP contribution in [-0.4, -0.2) is 16.6 Å². The molecule has 1 saturated carbocycles. The van der Waals surface area contributed by atoms with Crippen LogP contribution < -0.4 is 5.32 Å². The van der Waals surface area contributed by atoms with Crippen molar-refractivity contribution in [2.45, 2.75) is 44.6 Å². The number of halogens is 1. The van der Waals surface area contributed by atoms with Crippen molar-refractivity contribution in [2.75, 3.05) is 5.32 Å². The van der Waals surface area contributed by atoms with Crippen LogP contribution >= 0.6 is 15.9 Å². The Morgan fingerprint density at radius 3 is 2.61 bits per heavy atom. The summed E-state index contributed by atoms with van der Waals surface area (Å²) in [6.07, 6.45) is 4.50. The Labute approximate surface area is 116 Å². The summed E-state index contributed by atoms with van der Waals surface area (Å²) in [6, 6.07) is 5.91. The number of aliphatic carboxylic acids is 1. The van der Waals surface area contributed by atoms with Crippen LogP contribution in [0, 0.1) is 6.92 Å². The van der Waals surface area contributed by atoms with E-state index in [-0.39, 0.29) is 0 Å². The van der Waals surface area contributed by atoms with Gasteiger partial charge in [0.1, 0.15) is 5.54 Å². The molecule has 0 bridgehead atoms. The summed E-state index contributed by atoms with van der Waals surface area (Å²) in [5, 5.41) is 12.8. The van der Waals surface area contributed by atoms with Gasteiger partial charge in [-0.1, -0.05) is 41.3 Å². The largest absolute Gasteiger partial charge is 0.480 e. The van der Waals surface area contributed by atoms with E-state index in [1.54, 1.807) is 0 Å². The van der Waals surface area contributed by atoms with Crippen LogP contribution in [-0.2, 0) is 4.79 Å².